The molecule has 1 amide bonds. The lowest BCUT2D eigenvalue weighted by molar-refractivity contribution is -0.134. The molecule has 0 aromatic heterocycles. The summed E-state index contributed by atoms with van der Waals surface area (Å²) in [6, 6.07) is 5.85. The first-order chi connectivity index (χ1) is 14.0. The summed E-state index contributed by atoms with van der Waals surface area (Å²) in [5.74, 6) is -2.18. The van der Waals surface area contributed by atoms with Crippen LogP contribution in [0.3, 0.4) is 0 Å². The zero-order chi connectivity index (χ0) is 23.5. The molecular formula is C19H16F5NO5S. The summed E-state index contributed by atoms with van der Waals surface area (Å²) in [5.41, 5.74) is 0.227. The van der Waals surface area contributed by atoms with E-state index in [0.29, 0.717) is 17.7 Å². The summed E-state index contributed by atoms with van der Waals surface area (Å²) in [7, 11) is -9.79. The maximum atomic E-state index is 12.7. The summed E-state index contributed by atoms with van der Waals surface area (Å²) in [6.45, 7) is 2.29. The number of ether oxygens (including phenoxy) is 2. The Hall–Kier alpha value is -3.41. The summed E-state index contributed by atoms with van der Waals surface area (Å²) in [5, 5.41) is 2.22. The number of esters is 2. The molecule has 0 bridgehead atoms. The highest BCUT2D eigenvalue weighted by Gasteiger charge is 2.65. The molecule has 0 atom stereocenters. The minimum Gasteiger partial charge on any atom is -0.423 e. The Labute approximate surface area is 173 Å². The van der Waals surface area contributed by atoms with Crippen LogP contribution in [0, 0.1) is 0 Å². The van der Waals surface area contributed by atoms with E-state index in [-0.39, 0.29) is 29.3 Å². The normalized spacial score (nSPS) is 13.8. The summed E-state index contributed by atoms with van der Waals surface area (Å²) < 4.78 is 73.4. The van der Waals surface area contributed by atoms with Crippen molar-refractivity contribution >= 4 is 39.8 Å². The van der Waals surface area contributed by atoms with Crippen LogP contribution < -0.4 is 14.8 Å². The first-order valence-corrected chi connectivity index (χ1v) is 10.3. The van der Waals surface area contributed by atoms with Crippen LogP contribution in [0.5, 0.6) is 11.5 Å². The van der Waals surface area contributed by atoms with Crippen LogP contribution in [0.2, 0.25) is 0 Å². The minimum absolute atomic E-state index is 0.0201. The molecule has 1 N–H and O–H groups in total. The summed E-state index contributed by atoms with van der Waals surface area (Å²) in [4.78, 5) is 32.2. The topological polar surface area (TPSA) is 81.7 Å². The molecule has 0 spiro atoms. The van der Waals surface area contributed by atoms with Crippen molar-refractivity contribution in [1.29, 1.82) is 0 Å². The number of nitrogens with one attached hydrogen (secondary N) is 1. The molecule has 0 aliphatic rings. The first-order valence-electron chi connectivity index (χ1n) is 8.37. The number of amides is 1. The summed E-state index contributed by atoms with van der Waals surface area (Å²) in [6.07, 6.45) is 2.29. The average Bonchev–Trinajstić information content (AvgIpc) is 2.59. The van der Waals surface area contributed by atoms with Crippen LogP contribution in [-0.4, -0.2) is 17.8 Å². The van der Waals surface area contributed by atoms with Crippen molar-refractivity contribution in [1.82, 2.24) is 0 Å². The van der Waals surface area contributed by atoms with E-state index in [4.69, 9.17) is 9.47 Å². The Balaban J connectivity index is 2.14. The standard InChI is InChI=1S/C19H16F5NO5S/c1-12(26)29-17-9-3-14(11-18(17)30-13(2)27)4-10-19(28)25-15-5-7-16(8-6-15)31(20,21,22,23)24/h3-11H,1-2H3,(H,25,28). The van der Waals surface area contributed by atoms with Gasteiger partial charge in [-0.05, 0) is 48.0 Å². The molecule has 12 heteroatoms. The molecular weight excluding hydrogens is 449 g/mol. The Morgan fingerprint density at radius 1 is 0.839 bits per heavy atom. The molecule has 2 aromatic carbocycles. The highest BCUT2D eigenvalue weighted by Crippen LogP contribution is 3.02. The fourth-order valence-electron chi connectivity index (χ4n) is 2.25. The Bertz CT molecular complexity index is 1070. The van der Waals surface area contributed by atoms with Gasteiger partial charge in [0.1, 0.15) is 4.90 Å². The van der Waals surface area contributed by atoms with Crippen molar-refractivity contribution in [2.75, 3.05) is 5.32 Å². The van der Waals surface area contributed by atoms with E-state index in [1.807, 2.05) is 0 Å². The number of anilines is 1. The molecule has 0 heterocycles. The zero-order valence-electron chi connectivity index (χ0n) is 16.0. The van der Waals surface area contributed by atoms with Gasteiger partial charge < -0.3 is 14.8 Å². The quantitative estimate of drug-likeness (QED) is 0.251. The molecule has 6 nitrogen and oxygen atoms in total. The van der Waals surface area contributed by atoms with Gasteiger partial charge in [-0.3, -0.25) is 14.4 Å². The van der Waals surface area contributed by atoms with Crippen LogP contribution in [0.15, 0.2) is 53.4 Å². The lowest BCUT2D eigenvalue weighted by Gasteiger charge is -2.40. The number of hydrogen-bond acceptors (Lipinski definition) is 5. The molecule has 0 saturated carbocycles. The van der Waals surface area contributed by atoms with Crippen molar-refractivity contribution in [2.24, 2.45) is 0 Å². The molecule has 0 radical (unpaired) electrons. The highest BCUT2D eigenvalue weighted by molar-refractivity contribution is 8.45. The van der Waals surface area contributed by atoms with E-state index in [9.17, 15) is 33.8 Å². The molecule has 2 rings (SSSR count). The van der Waals surface area contributed by atoms with Crippen molar-refractivity contribution in [3.05, 3.63) is 54.1 Å². The maximum Gasteiger partial charge on any atom is 0.310 e. The molecule has 0 fully saturated rings. The molecule has 31 heavy (non-hydrogen) atoms. The second kappa shape index (κ2) is 7.69. The molecule has 0 aliphatic heterocycles. The third-order valence-electron chi connectivity index (χ3n) is 3.47. The number of benzene rings is 2. The SMILES string of the molecule is CC(=O)Oc1ccc(C=CC(=O)Nc2ccc(S(F)(F)(F)(F)F)cc2)cc1OC(C)=O. The van der Waals surface area contributed by atoms with Gasteiger partial charge in [0.15, 0.2) is 11.5 Å². The van der Waals surface area contributed by atoms with Gasteiger partial charge in [0.2, 0.25) is 5.91 Å². The van der Waals surface area contributed by atoms with Gasteiger partial charge in [0.05, 0.1) is 0 Å². The molecule has 2 aromatic rings. The fourth-order valence-corrected chi connectivity index (χ4v) is 2.90. The molecule has 0 aliphatic carbocycles. The van der Waals surface area contributed by atoms with Crippen LogP contribution in [0.25, 0.3) is 6.08 Å². The minimum atomic E-state index is -9.79. The number of hydrogen-bond donors (Lipinski definition) is 1. The van der Waals surface area contributed by atoms with E-state index in [0.717, 1.165) is 19.9 Å². The smallest absolute Gasteiger partial charge is 0.310 e. The number of carbonyl (C=O) groups is 3. The van der Waals surface area contributed by atoms with Gasteiger partial charge in [0, 0.05) is 25.6 Å². The molecule has 0 unspecified atom stereocenters. The monoisotopic (exact) mass is 465 g/mol. The lowest BCUT2D eigenvalue weighted by atomic mass is 10.2. The Morgan fingerprint density at radius 2 is 1.39 bits per heavy atom. The van der Waals surface area contributed by atoms with Gasteiger partial charge in [0.25, 0.3) is 0 Å². The number of carbonyl (C=O) groups excluding carboxylic acids is 3. The average molecular weight is 465 g/mol. The van der Waals surface area contributed by atoms with Crippen molar-refractivity contribution in [3.8, 4) is 11.5 Å². The third kappa shape index (κ3) is 7.41. The van der Waals surface area contributed by atoms with Crippen LogP contribution >= 0.6 is 10.2 Å². The lowest BCUT2D eigenvalue weighted by Crippen LogP contribution is -2.09. The molecule has 0 saturated heterocycles. The Morgan fingerprint density at radius 3 is 1.90 bits per heavy atom. The van der Waals surface area contributed by atoms with Crippen molar-refractivity contribution in [3.63, 3.8) is 0 Å². The second-order valence-corrected chi connectivity index (χ2v) is 8.62. The van der Waals surface area contributed by atoms with E-state index in [2.05, 4.69) is 5.32 Å². The van der Waals surface area contributed by atoms with Gasteiger partial charge in [-0.2, -0.15) is 0 Å². The predicted octanol–water partition coefficient (Wildman–Crippen LogP) is 5.85. The molecule has 168 valence electrons. The van der Waals surface area contributed by atoms with E-state index in [1.165, 1.54) is 24.3 Å². The fraction of sp³-hybridized carbons (Fsp3) is 0.105. The maximum absolute atomic E-state index is 12.7. The van der Waals surface area contributed by atoms with Gasteiger partial charge in [-0.25, -0.2) is 0 Å². The van der Waals surface area contributed by atoms with Crippen LogP contribution in [0.1, 0.15) is 19.4 Å². The number of halogens is 5. The Kier molecular flexibility index (Phi) is 5.92. The summed E-state index contributed by atoms with van der Waals surface area (Å²) >= 11 is 0. The van der Waals surface area contributed by atoms with Crippen LogP contribution in [0.4, 0.5) is 25.1 Å². The van der Waals surface area contributed by atoms with Gasteiger partial charge >= 0.3 is 22.2 Å². The second-order valence-electron chi connectivity index (χ2n) is 6.21. The highest BCUT2D eigenvalue weighted by atomic mass is 32.5. The van der Waals surface area contributed by atoms with Crippen LogP contribution in [-0.2, 0) is 14.4 Å². The van der Waals surface area contributed by atoms with Gasteiger partial charge in [-0.1, -0.05) is 25.5 Å². The van der Waals surface area contributed by atoms with E-state index < -0.39 is 33.0 Å². The third-order valence-corrected chi connectivity index (χ3v) is 4.63. The largest absolute Gasteiger partial charge is 0.423 e. The van der Waals surface area contributed by atoms with Crippen molar-refractivity contribution < 1.29 is 43.3 Å². The van der Waals surface area contributed by atoms with E-state index in [1.54, 1.807) is 0 Å². The van der Waals surface area contributed by atoms with E-state index >= 15 is 0 Å². The van der Waals surface area contributed by atoms with Crippen molar-refractivity contribution in [2.45, 2.75) is 18.7 Å². The number of rotatable bonds is 6. The zero-order valence-corrected chi connectivity index (χ0v) is 16.9. The predicted molar refractivity (Wildman–Crippen MR) is 105 cm³/mol. The van der Waals surface area contributed by atoms with Gasteiger partial charge in [-0.15, -0.1) is 0 Å². The first kappa shape index (κ1) is 23.9.